The summed E-state index contributed by atoms with van der Waals surface area (Å²) in [5, 5.41) is 15.8. The summed E-state index contributed by atoms with van der Waals surface area (Å²) in [6, 6.07) is 13.9. The minimum absolute atomic E-state index is 0.0491. The van der Waals surface area contributed by atoms with E-state index >= 15 is 0 Å². The van der Waals surface area contributed by atoms with Gasteiger partial charge in [-0.25, -0.2) is 4.68 Å². The summed E-state index contributed by atoms with van der Waals surface area (Å²) in [7, 11) is 0. The molecule has 3 aromatic rings. The van der Waals surface area contributed by atoms with Crippen LogP contribution >= 0.6 is 0 Å². The van der Waals surface area contributed by atoms with Crippen molar-refractivity contribution in [2.75, 3.05) is 13.1 Å². The van der Waals surface area contributed by atoms with Gasteiger partial charge in [0.25, 0.3) is 11.6 Å². The van der Waals surface area contributed by atoms with Crippen molar-refractivity contribution >= 4 is 11.6 Å². The molecular formula is C22H24N4O3. The number of carbonyl (C=O) groups is 1. The number of rotatable bonds is 6. The third-order valence-corrected chi connectivity index (χ3v) is 5.07. The van der Waals surface area contributed by atoms with Crippen molar-refractivity contribution in [2.24, 2.45) is 0 Å². The number of hydrogen-bond acceptors (Lipinski definition) is 4. The highest BCUT2D eigenvalue weighted by Gasteiger charge is 2.22. The average Bonchev–Trinajstić information content (AvgIpc) is 3.16. The van der Waals surface area contributed by atoms with Gasteiger partial charge in [-0.15, -0.1) is 0 Å². The predicted octanol–water partition coefficient (Wildman–Crippen LogP) is 4.55. The lowest BCUT2D eigenvalue weighted by molar-refractivity contribution is -0.384. The molecule has 0 atom stereocenters. The number of nitro groups is 1. The summed E-state index contributed by atoms with van der Waals surface area (Å²) in [4.78, 5) is 25.6. The zero-order valence-corrected chi connectivity index (χ0v) is 17.0. The third-order valence-electron chi connectivity index (χ3n) is 5.07. The first-order valence-corrected chi connectivity index (χ1v) is 9.57. The maximum absolute atomic E-state index is 13.1. The highest BCUT2D eigenvalue weighted by Crippen LogP contribution is 2.26. The van der Waals surface area contributed by atoms with E-state index in [9.17, 15) is 14.9 Å². The largest absolute Gasteiger partial charge is 0.338 e. The van der Waals surface area contributed by atoms with Gasteiger partial charge in [0, 0.05) is 30.8 Å². The second-order valence-electron chi connectivity index (χ2n) is 6.88. The van der Waals surface area contributed by atoms with Crippen LogP contribution in [0.3, 0.4) is 0 Å². The Morgan fingerprint density at radius 1 is 1.07 bits per heavy atom. The maximum Gasteiger partial charge on any atom is 0.272 e. The molecule has 7 nitrogen and oxygen atoms in total. The van der Waals surface area contributed by atoms with Gasteiger partial charge in [0.05, 0.1) is 16.3 Å². The molecule has 1 aromatic heterocycles. The number of benzene rings is 2. The summed E-state index contributed by atoms with van der Waals surface area (Å²) in [5.41, 5.74) is 4.65. The van der Waals surface area contributed by atoms with E-state index in [0.29, 0.717) is 30.2 Å². The fraction of sp³-hybridized carbons (Fsp3) is 0.273. The van der Waals surface area contributed by atoms with Crippen LogP contribution in [0.2, 0.25) is 0 Å². The van der Waals surface area contributed by atoms with E-state index in [0.717, 1.165) is 11.1 Å². The van der Waals surface area contributed by atoms with Gasteiger partial charge in [-0.3, -0.25) is 14.9 Å². The first-order valence-electron chi connectivity index (χ1n) is 9.57. The molecule has 0 spiro atoms. The SMILES string of the molecule is CCN(CC)C(=O)c1cc(-c2ccc(C)c(C)c2)nn1-c1cccc([N+](=O)[O-])c1. The molecule has 29 heavy (non-hydrogen) atoms. The first-order chi connectivity index (χ1) is 13.8. The summed E-state index contributed by atoms with van der Waals surface area (Å²) in [5.74, 6) is -0.163. The minimum Gasteiger partial charge on any atom is -0.338 e. The molecule has 0 bridgehead atoms. The molecule has 0 saturated heterocycles. The van der Waals surface area contributed by atoms with Gasteiger partial charge < -0.3 is 4.90 Å². The smallest absolute Gasteiger partial charge is 0.272 e. The van der Waals surface area contributed by atoms with Gasteiger partial charge in [0.1, 0.15) is 5.69 Å². The molecule has 0 aliphatic heterocycles. The summed E-state index contributed by atoms with van der Waals surface area (Å²) >= 11 is 0. The molecular weight excluding hydrogens is 368 g/mol. The Hall–Kier alpha value is -3.48. The van der Waals surface area contributed by atoms with Crippen LogP contribution in [0.5, 0.6) is 0 Å². The lowest BCUT2D eigenvalue weighted by Crippen LogP contribution is -2.32. The van der Waals surface area contributed by atoms with Crippen LogP contribution in [-0.2, 0) is 0 Å². The average molecular weight is 392 g/mol. The molecule has 3 rings (SSSR count). The Labute approximate surface area is 169 Å². The Kier molecular flexibility index (Phi) is 5.77. The van der Waals surface area contributed by atoms with Crippen LogP contribution in [0.25, 0.3) is 16.9 Å². The van der Waals surface area contributed by atoms with E-state index in [1.165, 1.54) is 22.4 Å². The molecule has 1 heterocycles. The molecule has 0 aliphatic carbocycles. The Morgan fingerprint density at radius 2 is 1.79 bits per heavy atom. The topological polar surface area (TPSA) is 81.3 Å². The molecule has 7 heteroatoms. The maximum atomic E-state index is 13.1. The molecule has 2 aromatic carbocycles. The van der Waals surface area contributed by atoms with Crippen molar-refractivity contribution in [1.29, 1.82) is 0 Å². The highest BCUT2D eigenvalue weighted by atomic mass is 16.6. The number of amides is 1. The van der Waals surface area contributed by atoms with Gasteiger partial charge in [-0.1, -0.05) is 18.2 Å². The van der Waals surface area contributed by atoms with Gasteiger partial charge >= 0.3 is 0 Å². The van der Waals surface area contributed by atoms with Crippen molar-refractivity contribution in [3.8, 4) is 16.9 Å². The van der Waals surface area contributed by atoms with Crippen molar-refractivity contribution in [3.63, 3.8) is 0 Å². The van der Waals surface area contributed by atoms with Crippen molar-refractivity contribution in [1.82, 2.24) is 14.7 Å². The zero-order chi connectivity index (χ0) is 21.1. The van der Waals surface area contributed by atoms with Crippen LogP contribution in [0.1, 0.15) is 35.5 Å². The summed E-state index contributed by atoms with van der Waals surface area (Å²) in [6.07, 6.45) is 0. The quantitative estimate of drug-likeness (QED) is 0.455. The van der Waals surface area contributed by atoms with E-state index in [-0.39, 0.29) is 11.6 Å². The fourth-order valence-electron chi connectivity index (χ4n) is 3.18. The molecule has 1 amide bonds. The molecule has 0 saturated carbocycles. The molecule has 0 N–H and O–H groups in total. The van der Waals surface area contributed by atoms with E-state index in [4.69, 9.17) is 0 Å². The van der Waals surface area contributed by atoms with E-state index in [1.807, 2.05) is 45.9 Å². The molecule has 0 fully saturated rings. The molecule has 0 unspecified atom stereocenters. The van der Waals surface area contributed by atoms with Crippen molar-refractivity contribution in [2.45, 2.75) is 27.7 Å². The van der Waals surface area contributed by atoms with Gasteiger partial charge in [-0.05, 0) is 57.0 Å². The number of non-ortho nitro benzene ring substituents is 1. The zero-order valence-electron chi connectivity index (χ0n) is 17.0. The van der Waals surface area contributed by atoms with Crippen molar-refractivity contribution in [3.05, 3.63) is 75.5 Å². The number of aromatic nitrogens is 2. The highest BCUT2D eigenvalue weighted by molar-refractivity contribution is 5.94. The van der Waals surface area contributed by atoms with E-state index in [1.54, 1.807) is 23.1 Å². The predicted molar refractivity (Wildman–Crippen MR) is 112 cm³/mol. The van der Waals surface area contributed by atoms with Crippen LogP contribution < -0.4 is 0 Å². The summed E-state index contributed by atoms with van der Waals surface area (Å²) in [6.45, 7) is 9.02. The Balaban J connectivity index is 2.18. The number of hydrogen-bond donors (Lipinski definition) is 0. The number of carbonyl (C=O) groups excluding carboxylic acids is 1. The van der Waals surface area contributed by atoms with Crippen LogP contribution in [-0.4, -0.2) is 38.6 Å². The van der Waals surface area contributed by atoms with Crippen LogP contribution in [0.15, 0.2) is 48.5 Å². The van der Waals surface area contributed by atoms with E-state index < -0.39 is 4.92 Å². The lowest BCUT2D eigenvalue weighted by atomic mass is 10.0. The molecule has 0 radical (unpaired) electrons. The molecule has 0 aliphatic rings. The standard InChI is InChI=1S/C22H24N4O3/c1-5-24(6-2)22(27)21-14-20(17-11-10-15(3)16(4)12-17)23-25(21)18-8-7-9-19(13-18)26(28)29/h7-14H,5-6H2,1-4H3. The van der Waals surface area contributed by atoms with Gasteiger partial charge in [0.2, 0.25) is 0 Å². The fourth-order valence-corrected chi connectivity index (χ4v) is 3.18. The van der Waals surface area contributed by atoms with Gasteiger partial charge in [0.15, 0.2) is 0 Å². The number of nitro benzene ring substituents is 1. The van der Waals surface area contributed by atoms with Gasteiger partial charge in [-0.2, -0.15) is 5.10 Å². The lowest BCUT2D eigenvalue weighted by Gasteiger charge is -2.19. The summed E-state index contributed by atoms with van der Waals surface area (Å²) < 4.78 is 1.50. The Bertz CT molecular complexity index is 1070. The minimum atomic E-state index is -0.455. The van der Waals surface area contributed by atoms with Crippen LogP contribution in [0, 0.1) is 24.0 Å². The third kappa shape index (κ3) is 4.03. The number of aryl methyl sites for hydroxylation is 2. The monoisotopic (exact) mass is 392 g/mol. The van der Waals surface area contributed by atoms with Crippen LogP contribution in [0.4, 0.5) is 5.69 Å². The van der Waals surface area contributed by atoms with Crippen molar-refractivity contribution < 1.29 is 9.72 Å². The number of nitrogens with zero attached hydrogens (tertiary/aromatic N) is 4. The first kappa shape index (κ1) is 20.3. The van der Waals surface area contributed by atoms with E-state index in [2.05, 4.69) is 5.10 Å². The second kappa shape index (κ2) is 8.26. The molecule has 150 valence electrons. The Morgan fingerprint density at radius 3 is 2.41 bits per heavy atom. The second-order valence-corrected chi connectivity index (χ2v) is 6.88. The normalized spacial score (nSPS) is 10.8.